The van der Waals surface area contributed by atoms with Gasteiger partial charge >= 0.3 is 0 Å². The van der Waals surface area contributed by atoms with Gasteiger partial charge in [-0.2, -0.15) is 0 Å². The van der Waals surface area contributed by atoms with Crippen LogP contribution in [0.3, 0.4) is 0 Å². The standard InChI is InChI=1S/C28H28Cl2N4O2.CH4/c1-36-27-24(14-19-13-21(30)8-9-25(19)34-27)26(18-4-6-20(29)7-5-18)28(35)10-12-32-23(15-28)17-33-22-3-2-11-31-16-22;/h2-9,11,13-14,16,23,26,32-33,35H,10,12,15,17H2,1H3;1H4. The number of aliphatic hydroxyl groups is 1. The molecule has 3 atom stereocenters. The smallest absolute Gasteiger partial charge is 0.217 e. The van der Waals surface area contributed by atoms with Crippen molar-refractivity contribution in [3.05, 3.63) is 94.2 Å². The summed E-state index contributed by atoms with van der Waals surface area (Å²) in [7, 11) is 1.61. The van der Waals surface area contributed by atoms with Gasteiger partial charge in [0.05, 0.1) is 23.9 Å². The van der Waals surface area contributed by atoms with Crippen LogP contribution in [0.1, 0.15) is 37.3 Å². The lowest BCUT2D eigenvalue weighted by Crippen LogP contribution is -2.53. The Balaban J connectivity index is 0.00000320. The molecule has 0 spiro atoms. The summed E-state index contributed by atoms with van der Waals surface area (Å²) in [5.41, 5.74) is 2.44. The molecule has 1 fully saturated rings. The molecule has 1 saturated heterocycles. The first-order chi connectivity index (χ1) is 17.4. The Kier molecular flexibility index (Phi) is 8.55. The van der Waals surface area contributed by atoms with Crippen LogP contribution in [0.15, 0.2) is 73.1 Å². The number of pyridine rings is 2. The quantitative estimate of drug-likeness (QED) is 0.256. The molecule has 3 N–H and O–H groups in total. The molecule has 2 aromatic carbocycles. The van der Waals surface area contributed by atoms with E-state index in [4.69, 9.17) is 32.9 Å². The maximum Gasteiger partial charge on any atom is 0.217 e. The molecule has 1 aliphatic heterocycles. The number of anilines is 1. The number of piperidine rings is 1. The first-order valence-corrected chi connectivity index (χ1v) is 12.7. The number of hydrogen-bond donors (Lipinski definition) is 3. The number of ether oxygens (including phenoxy) is 1. The molecule has 3 heterocycles. The molecule has 6 nitrogen and oxygen atoms in total. The van der Waals surface area contributed by atoms with Gasteiger partial charge in [0.25, 0.3) is 0 Å². The number of hydrogen-bond acceptors (Lipinski definition) is 6. The van der Waals surface area contributed by atoms with E-state index < -0.39 is 5.60 Å². The van der Waals surface area contributed by atoms with Crippen LogP contribution in [0.25, 0.3) is 10.9 Å². The molecule has 0 saturated carbocycles. The molecule has 1 aliphatic rings. The Morgan fingerprint density at radius 3 is 2.65 bits per heavy atom. The van der Waals surface area contributed by atoms with Gasteiger partial charge in [-0.15, -0.1) is 0 Å². The number of nitrogens with zero attached hydrogens (tertiary/aromatic N) is 2. The minimum Gasteiger partial charge on any atom is -0.481 e. The average molecular weight is 540 g/mol. The average Bonchev–Trinajstić information content (AvgIpc) is 2.89. The van der Waals surface area contributed by atoms with Gasteiger partial charge in [-0.1, -0.05) is 42.8 Å². The lowest BCUT2D eigenvalue weighted by atomic mass is 9.71. The second kappa shape index (κ2) is 11.7. The van der Waals surface area contributed by atoms with E-state index in [1.807, 2.05) is 60.7 Å². The predicted octanol–water partition coefficient (Wildman–Crippen LogP) is 6.31. The van der Waals surface area contributed by atoms with Crippen molar-refractivity contribution in [2.45, 2.75) is 37.8 Å². The van der Waals surface area contributed by atoms with Gasteiger partial charge in [0, 0.05) is 51.9 Å². The maximum atomic E-state index is 12.3. The molecule has 0 amide bonds. The van der Waals surface area contributed by atoms with E-state index in [1.165, 1.54) is 0 Å². The van der Waals surface area contributed by atoms with Crippen molar-refractivity contribution < 1.29 is 9.84 Å². The minimum absolute atomic E-state index is 0. The van der Waals surface area contributed by atoms with Gasteiger partial charge in [0.15, 0.2) is 0 Å². The monoisotopic (exact) mass is 538 g/mol. The molecular weight excluding hydrogens is 507 g/mol. The first-order valence-electron chi connectivity index (χ1n) is 11.9. The molecule has 194 valence electrons. The van der Waals surface area contributed by atoms with Gasteiger partial charge in [-0.3, -0.25) is 4.98 Å². The SMILES string of the molecule is C.COc1nc2ccc(Cl)cc2cc1C(c1ccc(Cl)cc1)C1(O)CCNC(CNc2cccnc2)C1. The molecule has 5 rings (SSSR count). The van der Waals surface area contributed by atoms with Crippen LogP contribution in [-0.2, 0) is 0 Å². The van der Waals surface area contributed by atoms with Crippen molar-refractivity contribution in [3.8, 4) is 5.88 Å². The zero-order chi connectivity index (χ0) is 25.1. The normalized spacial score (nSPS) is 20.2. The molecule has 0 bridgehead atoms. The number of fused-ring (bicyclic) bond motifs is 1. The molecule has 0 aliphatic carbocycles. The number of methoxy groups -OCH3 is 1. The highest BCUT2D eigenvalue weighted by Crippen LogP contribution is 2.45. The molecule has 3 unspecified atom stereocenters. The zero-order valence-electron chi connectivity index (χ0n) is 19.9. The number of aromatic nitrogens is 2. The Morgan fingerprint density at radius 1 is 1.14 bits per heavy atom. The van der Waals surface area contributed by atoms with Crippen LogP contribution in [0.2, 0.25) is 10.0 Å². The topological polar surface area (TPSA) is 79.3 Å². The fourth-order valence-corrected chi connectivity index (χ4v) is 5.47. The summed E-state index contributed by atoms with van der Waals surface area (Å²) in [5, 5.41) is 21.4. The van der Waals surface area contributed by atoms with Crippen LogP contribution in [0.5, 0.6) is 5.88 Å². The summed E-state index contributed by atoms with van der Waals surface area (Å²) in [6, 6.07) is 19.2. The Morgan fingerprint density at radius 2 is 1.92 bits per heavy atom. The molecule has 4 aromatic rings. The van der Waals surface area contributed by atoms with Crippen LogP contribution in [0.4, 0.5) is 5.69 Å². The van der Waals surface area contributed by atoms with Crippen LogP contribution < -0.4 is 15.4 Å². The van der Waals surface area contributed by atoms with Crippen LogP contribution >= 0.6 is 23.2 Å². The van der Waals surface area contributed by atoms with Gasteiger partial charge < -0.3 is 20.5 Å². The number of rotatable bonds is 7. The van der Waals surface area contributed by atoms with Crippen molar-refractivity contribution in [1.82, 2.24) is 15.3 Å². The van der Waals surface area contributed by atoms with Crippen molar-refractivity contribution in [2.75, 3.05) is 25.5 Å². The minimum atomic E-state index is -1.05. The number of benzene rings is 2. The van der Waals surface area contributed by atoms with Crippen molar-refractivity contribution in [1.29, 1.82) is 0 Å². The summed E-state index contributed by atoms with van der Waals surface area (Å²) < 4.78 is 5.76. The van der Waals surface area contributed by atoms with E-state index in [2.05, 4.69) is 15.6 Å². The Bertz CT molecular complexity index is 1340. The molecule has 37 heavy (non-hydrogen) atoms. The lowest BCUT2D eigenvalue weighted by Gasteiger charge is -2.43. The summed E-state index contributed by atoms with van der Waals surface area (Å²) in [6.07, 6.45) is 4.64. The van der Waals surface area contributed by atoms with E-state index in [9.17, 15) is 5.11 Å². The third-order valence-corrected chi connectivity index (χ3v) is 7.31. The maximum absolute atomic E-state index is 12.3. The van der Waals surface area contributed by atoms with Crippen LogP contribution in [-0.4, -0.2) is 46.9 Å². The van der Waals surface area contributed by atoms with Gasteiger partial charge in [0.1, 0.15) is 0 Å². The Hall–Kier alpha value is -2.90. The second-order valence-electron chi connectivity index (χ2n) is 9.24. The van der Waals surface area contributed by atoms with Gasteiger partial charge in [-0.25, -0.2) is 4.98 Å². The number of nitrogens with one attached hydrogen (secondary N) is 2. The summed E-state index contributed by atoms with van der Waals surface area (Å²) in [4.78, 5) is 8.94. The fraction of sp³-hybridized carbons (Fsp3) is 0.310. The van der Waals surface area contributed by atoms with Gasteiger partial charge in [0.2, 0.25) is 5.88 Å². The van der Waals surface area contributed by atoms with E-state index in [-0.39, 0.29) is 19.4 Å². The van der Waals surface area contributed by atoms with E-state index in [1.54, 1.807) is 19.5 Å². The van der Waals surface area contributed by atoms with Crippen LogP contribution in [0, 0.1) is 0 Å². The zero-order valence-corrected chi connectivity index (χ0v) is 21.4. The summed E-state index contributed by atoms with van der Waals surface area (Å²) >= 11 is 12.5. The third kappa shape index (κ3) is 5.99. The molecule has 2 aromatic heterocycles. The largest absolute Gasteiger partial charge is 0.481 e. The first kappa shape index (κ1) is 27.1. The molecule has 0 radical (unpaired) electrons. The van der Waals surface area contributed by atoms with Crippen molar-refractivity contribution >= 4 is 39.8 Å². The van der Waals surface area contributed by atoms with E-state index in [0.29, 0.717) is 41.9 Å². The molecule has 8 heteroatoms. The fourth-order valence-electron chi connectivity index (χ4n) is 5.16. The van der Waals surface area contributed by atoms with E-state index in [0.717, 1.165) is 27.7 Å². The van der Waals surface area contributed by atoms with Gasteiger partial charge in [-0.05, 0) is 73.5 Å². The lowest BCUT2D eigenvalue weighted by molar-refractivity contribution is -0.0175. The number of halogens is 2. The highest BCUT2D eigenvalue weighted by atomic mass is 35.5. The predicted molar refractivity (Wildman–Crippen MR) is 152 cm³/mol. The third-order valence-electron chi connectivity index (χ3n) is 6.82. The summed E-state index contributed by atoms with van der Waals surface area (Å²) in [6.45, 7) is 1.33. The van der Waals surface area contributed by atoms with Crippen molar-refractivity contribution in [2.24, 2.45) is 0 Å². The highest BCUT2D eigenvalue weighted by molar-refractivity contribution is 6.31. The van der Waals surface area contributed by atoms with Crippen molar-refractivity contribution in [3.63, 3.8) is 0 Å². The molecular formula is C29H32Cl2N4O2. The highest BCUT2D eigenvalue weighted by Gasteiger charge is 2.44. The van der Waals surface area contributed by atoms with E-state index >= 15 is 0 Å². The summed E-state index contributed by atoms with van der Waals surface area (Å²) in [5.74, 6) is 0.102. The second-order valence-corrected chi connectivity index (χ2v) is 10.1. The Labute approximate surface area is 228 Å².